The van der Waals surface area contributed by atoms with Crippen LogP contribution in [-0.2, 0) is 15.9 Å². The third-order valence-electron chi connectivity index (χ3n) is 6.30. The molecule has 3 aromatic carbocycles. The number of ether oxygens (including phenoxy) is 2. The van der Waals surface area contributed by atoms with Gasteiger partial charge in [-0.05, 0) is 75.2 Å². The molecule has 2 N–H and O–H groups in total. The minimum Gasteiger partial charge on any atom is -0.444 e. The van der Waals surface area contributed by atoms with Crippen LogP contribution in [0.2, 0.25) is 0 Å². The zero-order chi connectivity index (χ0) is 25.9. The van der Waals surface area contributed by atoms with Crippen molar-refractivity contribution >= 4 is 10.1 Å². The van der Waals surface area contributed by atoms with E-state index in [0.717, 1.165) is 37.1 Å². The van der Waals surface area contributed by atoms with Crippen molar-refractivity contribution in [3.63, 3.8) is 0 Å². The van der Waals surface area contributed by atoms with Gasteiger partial charge in [0, 0.05) is 12.5 Å². The van der Waals surface area contributed by atoms with Crippen LogP contribution >= 0.6 is 0 Å². The number of rotatable bonds is 3. The van der Waals surface area contributed by atoms with Crippen LogP contribution in [-0.4, -0.2) is 26.1 Å². The van der Waals surface area contributed by atoms with Gasteiger partial charge in [-0.15, -0.1) is 0 Å². The van der Waals surface area contributed by atoms with E-state index < -0.39 is 21.7 Å². The molecule has 0 spiro atoms. The number of hydrogen-bond acceptors (Lipinski definition) is 6. The minimum absolute atomic E-state index is 0.0666. The second-order valence-electron chi connectivity index (χ2n) is 8.94. The molecule has 2 aliphatic heterocycles. The van der Waals surface area contributed by atoms with Crippen molar-refractivity contribution in [2.75, 3.05) is 13.1 Å². The molecule has 1 atom stereocenters. The summed E-state index contributed by atoms with van der Waals surface area (Å²) in [6, 6.07) is 18.2. The minimum atomic E-state index is -4.02. The summed E-state index contributed by atoms with van der Waals surface area (Å²) >= 11 is 0. The van der Waals surface area contributed by atoms with E-state index in [2.05, 4.69) is 11.4 Å². The lowest BCUT2D eigenvalue weighted by Crippen LogP contribution is -2.33. The molecule has 7 nitrogen and oxygen atoms in total. The number of benzene rings is 3. The van der Waals surface area contributed by atoms with Gasteiger partial charge in [-0.25, -0.2) is 4.39 Å². The van der Waals surface area contributed by atoms with Crippen molar-refractivity contribution in [1.82, 2.24) is 5.32 Å². The predicted octanol–water partition coefficient (Wildman–Crippen LogP) is 5.05. The third-order valence-corrected chi connectivity index (χ3v) is 7.16. The van der Waals surface area contributed by atoms with Gasteiger partial charge >= 0.3 is 0 Å². The Kier molecular flexibility index (Phi) is 7.31. The summed E-state index contributed by atoms with van der Waals surface area (Å²) < 4.78 is 56.2. The average molecular weight is 511 g/mol. The molecule has 0 unspecified atom stereocenters. The average Bonchev–Trinajstić information content (AvgIpc) is 3.21. The number of hydrogen-bond donors (Lipinski definition) is 2. The fourth-order valence-corrected chi connectivity index (χ4v) is 4.86. The monoisotopic (exact) mass is 510 g/mol. The number of nitriles is 1. The molecule has 3 aromatic rings. The zero-order valence-corrected chi connectivity index (χ0v) is 20.8. The van der Waals surface area contributed by atoms with Crippen molar-refractivity contribution in [1.29, 1.82) is 5.26 Å². The molecule has 0 aliphatic carbocycles. The van der Waals surface area contributed by atoms with E-state index >= 15 is 0 Å². The molecule has 36 heavy (non-hydrogen) atoms. The summed E-state index contributed by atoms with van der Waals surface area (Å²) in [6.45, 7) is 5.52. The first kappa shape index (κ1) is 25.6. The van der Waals surface area contributed by atoms with E-state index in [1.165, 1.54) is 18.2 Å². The Morgan fingerprint density at radius 3 is 2.39 bits per heavy atom. The normalized spacial score (nSPS) is 19.2. The predicted molar refractivity (Wildman–Crippen MR) is 132 cm³/mol. The molecule has 0 bridgehead atoms. The van der Waals surface area contributed by atoms with Crippen LogP contribution in [0.15, 0.2) is 65.6 Å². The lowest BCUT2D eigenvalue weighted by Gasteiger charge is -2.26. The highest BCUT2D eigenvalue weighted by molar-refractivity contribution is 7.85. The van der Waals surface area contributed by atoms with Crippen LogP contribution in [0, 0.1) is 24.1 Å². The molecule has 1 fully saturated rings. The van der Waals surface area contributed by atoms with E-state index in [1.54, 1.807) is 31.2 Å². The van der Waals surface area contributed by atoms with Gasteiger partial charge in [0.15, 0.2) is 11.5 Å². The molecule has 0 aromatic heterocycles. The molecule has 9 heteroatoms. The van der Waals surface area contributed by atoms with Crippen LogP contribution in [0.5, 0.6) is 11.5 Å². The van der Waals surface area contributed by atoms with Crippen LogP contribution in [0.1, 0.15) is 47.9 Å². The summed E-state index contributed by atoms with van der Waals surface area (Å²) in [5, 5.41) is 12.3. The number of nitrogens with one attached hydrogen (secondary N) is 1. The number of halogens is 1. The van der Waals surface area contributed by atoms with Crippen LogP contribution in [0.3, 0.4) is 0 Å². The van der Waals surface area contributed by atoms with Crippen molar-refractivity contribution in [2.24, 2.45) is 0 Å². The SMILES string of the molecule is C[C@]1(c2ccc(C#N)cc2F)Oc2cccc(C3CCNCC3)c2O1.Cc1ccc(S(=O)(=O)O)cc1. The molecule has 0 amide bonds. The lowest BCUT2D eigenvalue weighted by atomic mass is 9.89. The summed E-state index contributed by atoms with van der Waals surface area (Å²) in [5.41, 5.74) is 2.64. The maximum Gasteiger partial charge on any atom is 0.294 e. The Morgan fingerprint density at radius 1 is 1.08 bits per heavy atom. The smallest absolute Gasteiger partial charge is 0.294 e. The van der Waals surface area contributed by atoms with E-state index in [1.807, 2.05) is 25.1 Å². The molecule has 5 rings (SSSR count). The number of para-hydroxylation sites is 1. The highest BCUT2D eigenvalue weighted by atomic mass is 32.2. The van der Waals surface area contributed by atoms with Crippen LogP contribution in [0.25, 0.3) is 0 Å². The molecule has 2 heterocycles. The number of nitrogens with zero attached hydrogens (tertiary/aromatic N) is 1. The van der Waals surface area contributed by atoms with Crippen molar-refractivity contribution in [3.05, 3.63) is 88.7 Å². The fourth-order valence-electron chi connectivity index (χ4n) is 4.38. The maximum absolute atomic E-state index is 14.5. The van der Waals surface area contributed by atoms with Crippen molar-refractivity contribution in [2.45, 2.75) is 43.3 Å². The van der Waals surface area contributed by atoms with E-state index in [4.69, 9.17) is 19.3 Å². The second-order valence-corrected chi connectivity index (χ2v) is 10.4. The Labute approximate surface area is 210 Å². The molecular formula is C27H27FN2O5S. The summed E-state index contributed by atoms with van der Waals surface area (Å²) in [6.07, 6.45) is 2.09. The molecule has 2 aliphatic rings. The zero-order valence-electron chi connectivity index (χ0n) is 20.0. The molecule has 0 saturated carbocycles. The Morgan fingerprint density at radius 2 is 1.78 bits per heavy atom. The molecule has 188 valence electrons. The number of aryl methyl sites for hydroxylation is 1. The van der Waals surface area contributed by atoms with Crippen LogP contribution in [0.4, 0.5) is 4.39 Å². The molecule has 0 radical (unpaired) electrons. The quantitative estimate of drug-likeness (QED) is 0.475. The third kappa shape index (κ3) is 5.51. The topological polar surface area (TPSA) is 109 Å². The van der Waals surface area contributed by atoms with E-state index in [9.17, 15) is 12.8 Å². The Bertz CT molecular complexity index is 1400. The van der Waals surface area contributed by atoms with Crippen molar-refractivity contribution < 1.29 is 26.8 Å². The second kappa shape index (κ2) is 10.3. The lowest BCUT2D eigenvalue weighted by molar-refractivity contribution is -0.0711. The standard InChI is InChI=1S/C20H19FN2O2.C7H8O3S/c1-20(16-6-5-13(12-22)11-17(16)21)24-18-4-2-3-15(19(18)25-20)14-7-9-23-10-8-14;1-6-2-4-7(5-3-6)11(8,9)10/h2-6,11,14,23H,7-10H2,1H3;2-5H,1H3,(H,8,9,10)/t20-;/m0./s1. The van der Waals surface area contributed by atoms with Crippen LogP contribution < -0.4 is 14.8 Å². The first-order valence-corrected chi connectivity index (χ1v) is 13.0. The maximum atomic E-state index is 14.5. The van der Waals surface area contributed by atoms with Gasteiger partial charge in [-0.3, -0.25) is 4.55 Å². The highest BCUT2D eigenvalue weighted by Gasteiger charge is 2.42. The Hall–Kier alpha value is -3.45. The molecular weight excluding hydrogens is 483 g/mol. The number of piperidine rings is 1. The fraction of sp³-hybridized carbons (Fsp3) is 0.296. The number of fused-ring (bicyclic) bond motifs is 1. The van der Waals surface area contributed by atoms with Crippen molar-refractivity contribution in [3.8, 4) is 17.6 Å². The van der Waals surface area contributed by atoms with Gasteiger partial charge in [0.05, 0.1) is 22.1 Å². The van der Waals surface area contributed by atoms with Gasteiger partial charge in [-0.1, -0.05) is 29.8 Å². The van der Waals surface area contributed by atoms with Gasteiger partial charge in [-0.2, -0.15) is 13.7 Å². The first-order chi connectivity index (χ1) is 17.1. The largest absolute Gasteiger partial charge is 0.444 e. The summed E-state index contributed by atoms with van der Waals surface area (Å²) in [5.74, 6) is 0.0253. The molecule has 1 saturated heterocycles. The summed E-state index contributed by atoms with van der Waals surface area (Å²) in [4.78, 5) is -0.0666. The van der Waals surface area contributed by atoms with Gasteiger partial charge in [0.1, 0.15) is 5.82 Å². The van der Waals surface area contributed by atoms with E-state index in [0.29, 0.717) is 23.0 Å². The Balaban J connectivity index is 0.000000233. The van der Waals surface area contributed by atoms with E-state index in [-0.39, 0.29) is 10.5 Å². The highest BCUT2D eigenvalue weighted by Crippen LogP contribution is 2.49. The first-order valence-electron chi connectivity index (χ1n) is 11.6. The van der Waals surface area contributed by atoms with Gasteiger partial charge < -0.3 is 14.8 Å². The van der Waals surface area contributed by atoms with Gasteiger partial charge in [0.25, 0.3) is 15.9 Å². The summed E-state index contributed by atoms with van der Waals surface area (Å²) in [7, 11) is -4.02. The van der Waals surface area contributed by atoms with Gasteiger partial charge in [0.2, 0.25) is 0 Å².